The van der Waals surface area contributed by atoms with Crippen LogP contribution in [0.3, 0.4) is 0 Å². The number of rotatable bonds is 5. The fourth-order valence-electron chi connectivity index (χ4n) is 2.07. The molecule has 6 nitrogen and oxygen atoms in total. The summed E-state index contributed by atoms with van der Waals surface area (Å²) in [5.74, 6) is -0.424. The molecule has 2 atom stereocenters. The second-order valence-corrected chi connectivity index (χ2v) is 6.17. The largest absolute Gasteiger partial charge is 0.481 e. The van der Waals surface area contributed by atoms with Crippen molar-refractivity contribution in [3.8, 4) is 0 Å². The monoisotopic (exact) mass is 276 g/mol. The number of carboxylic acids is 1. The summed E-state index contributed by atoms with van der Waals surface area (Å²) in [7, 11) is -0.935. The maximum absolute atomic E-state index is 11.8. The van der Waals surface area contributed by atoms with Crippen LogP contribution in [-0.4, -0.2) is 57.9 Å². The van der Waals surface area contributed by atoms with E-state index in [-0.39, 0.29) is 12.6 Å². The molecule has 18 heavy (non-hydrogen) atoms. The van der Waals surface area contributed by atoms with Crippen molar-refractivity contribution in [1.82, 2.24) is 10.2 Å². The van der Waals surface area contributed by atoms with E-state index < -0.39 is 22.2 Å². The average Bonchev–Trinajstić information content (AvgIpc) is 2.74. The van der Waals surface area contributed by atoms with E-state index in [0.29, 0.717) is 31.7 Å². The summed E-state index contributed by atoms with van der Waals surface area (Å²) in [4.78, 5) is 24.5. The number of carbonyl (C=O) groups excluding carboxylic acids is 1. The Morgan fingerprint density at radius 3 is 2.61 bits per heavy atom. The predicted octanol–water partition coefficient (Wildman–Crippen LogP) is 0.261. The summed E-state index contributed by atoms with van der Waals surface area (Å²) >= 11 is 0. The third-order valence-corrected chi connectivity index (χ3v) is 4.22. The number of carbonyl (C=O) groups is 2. The van der Waals surface area contributed by atoms with Crippen molar-refractivity contribution in [2.45, 2.75) is 19.8 Å². The molecule has 2 amide bonds. The maximum Gasteiger partial charge on any atom is 0.317 e. The SMILES string of the molecule is CCC1(C(=O)O)CCN(C(=O)NCCS(C)=O)C1. The van der Waals surface area contributed by atoms with E-state index in [2.05, 4.69) is 5.32 Å². The van der Waals surface area contributed by atoms with E-state index in [0.717, 1.165) is 0 Å². The molecule has 1 saturated heterocycles. The first-order chi connectivity index (χ1) is 8.41. The first kappa shape index (κ1) is 14.9. The molecule has 0 aromatic rings. The predicted molar refractivity (Wildman–Crippen MR) is 68.9 cm³/mol. The second-order valence-electron chi connectivity index (χ2n) is 4.62. The molecule has 1 aliphatic heterocycles. The highest BCUT2D eigenvalue weighted by molar-refractivity contribution is 7.84. The average molecular weight is 276 g/mol. The van der Waals surface area contributed by atoms with Gasteiger partial charge in [0, 0.05) is 42.4 Å². The van der Waals surface area contributed by atoms with Crippen LogP contribution in [0.5, 0.6) is 0 Å². The Kier molecular flexibility index (Phi) is 5.13. The number of urea groups is 1. The van der Waals surface area contributed by atoms with Crippen LogP contribution >= 0.6 is 0 Å². The molecule has 0 radical (unpaired) electrons. The molecule has 2 unspecified atom stereocenters. The number of nitrogens with one attached hydrogen (secondary N) is 1. The lowest BCUT2D eigenvalue weighted by molar-refractivity contribution is -0.148. The lowest BCUT2D eigenvalue weighted by Crippen LogP contribution is -2.42. The normalized spacial score (nSPS) is 24.9. The quantitative estimate of drug-likeness (QED) is 0.754. The van der Waals surface area contributed by atoms with Gasteiger partial charge in [0.25, 0.3) is 0 Å². The Bertz CT molecular complexity index is 361. The Hall–Kier alpha value is -1.11. The standard InChI is InChI=1S/C11H20N2O4S/c1-3-11(9(14)15)4-6-13(8-11)10(16)12-5-7-18(2)17/h3-8H2,1-2H3,(H,12,16)(H,14,15). The minimum absolute atomic E-state index is 0.250. The minimum Gasteiger partial charge on any atom is -0.481 e. The van der Waals surface area contributed by atoms with Crippen molar-refractivity contribution < 1.29 is 18.9 Å². The van der Waals surface area contributed by atoms with Crippen molar-refractivity contribution >= 4 is 22.8 Å². The molecular weight excluding hydrogens is 256 g/mol. The van der Waals surface area contributed by atoms with Gasteiger partial charge in [0.15, 0.2) is 0 Å². The van der Waals surface area contributed by atoms with E-state index >= 15 is 0 Å². The third-order valence-electron chi connectivity index (χ3n) is 3.44. The molecule has 1 aliphatic rings. The molecule has 0 aliphatic carbocycles. The van der Waals surface area contributed by atoms with Gasteiger partial charge in [0.05, 0.1) is 5.41 Å². The highest BCUT2D eigenvalue weighted by Gasteiger charge is 2.44. The maximum atomic E-state index is 11.8. The first-order valence-electron chi connectivity index (χ1n) is 5.97. The van der Waals surface area contributed by atoms with Crippen LogP contribution in [0.4, 0.5) is 4.79 Å². The highest BCUT2D eigenvalue weighted by Crippen LogP contribution is 2.34. The lowest BCUT2D eigenvalue weighted by atomic mass is 9.84. The first-order valence-corrected chi connectivity index (χ1v) is 7.70. The van der Waals surface area contributed by atoms with Gasteiger partial charge < -0.3 is 15.3 Å². The number of hydrogen-bond acceptors (Lipinski definition) is 3. The summed E-state index contributed by atoms with van der Waals surface area (Å²) < 4.78 is 10.9. The third kappa shape index (κ3) is 3.44. The molecule has 0 spiro atoms. The second kappa shape index (κ2) is 6.17. The van der Waals surface area contributed by atoms with Gasteiger partial charge in [-0.2, -0.15) is 0 Å². The Morgan fingerprint density at radius 1 is 1.50 bits per heavy atom. The molecule has 2 N–H and O–H groups in total. The Labute approximate surface area is 109 Å². The van der Waals surface area contributed by atoms with Gasteiger partial charge >= 0.3 is 12.0 Å². The topological polar surface area (TPSA) is 86.7 Å². The van der Waals surface area contributed by atoms with Gasteiger partial charge in [-0.05, 0) is 12.8 Å². The summed E-state index contributed by atoms with van der Waals surface area (Å²) in [6.07, 6.45) is 2.59. The molecule has 1 heterocycles. The smallest absolute Gasteiger partial charge is 0.317 e. The number of amides is 2. The van der Waals surface area contributed by atoms with Crippen molar-refractivity contribution in [1.29, 1.82) is 0 Å². The van der Waals surface area contributed by atoms with Gasteiger partial charge in [0.1, 0.15) is 0 Å². The van der Waals surface area contributed by atoms with Crippen LogP contribution in [0.15, 0.2) is 0 Å². The zero-order chi connectivity index (χ0) is 13.8. The van der Waals surface area contributed by atoms with E-state index in [1.807, 2.05) is 6.92 Å². The summed E-state index contributed by atoms with van der Waals surface area (Å²) in [6.45, 7) is 2.89. The van der Waals surface area contributed by atoms with Crippen molar-refractivity contribution in [2.24, 2.45) is 5.41 Å². The number of hydrogen-bond donors (Lipinski definition) is 2. The Balaban J connectivity index is 2.48. The molecule has 0 aromatic carbocycles. The summed E-state index contributed by atoms with van der Waals surface area (Å²) in [5.41, 5.74) is -0.801. The van der Waals surface area contributed by atoms with Crippen LogP contribution in [0.1, 0.15) is 19.8 Å². The molecule has 0 bridgehead atoms. The van der Waals surface area contributed by atoms with Crippen LogP contribution in [0, 0.1) is 5.41 Å². The molecule has 104 valence electrons. The van der Waals surface area contributed by atoms with Crippen LogP contribution in [-0.2, 0) is 15.6 Å². The number of nitrogens with zero attached hydrogens (tertiary/aromatic N) is 1. The van der Waals surface area contributed by atoms with Crippen LogP contribution in [0.2, 0.25) is 0 Å². The van der Waals surface area contributed by atoms with Crippen molar-refractivity contribution in [2.75, 3.05) is 31.6 Å². The lowest BCUT2D eigenvalue weighted by Gasteiger charge is -2.23. The van der Waals surface area contributed by atoms with E-state index in [1.54, 1.807) is 6.26 Å². The van der Waals surface area contributed by atoms with Crippen molar-refractivity contribution in [3.05, 3.63) is 0 Å². The van der Waals surface area contributed by atoms with E-state index in [9.17, 15) is 18.9 Å². The molecule has 1 rings (SSSR count). The minimum atomic E-state index is -0.935. The molecule has 0 saturated carbocycles. The van der Waals surface area contributed by atoms with E-state index in [1.165, 1.54) is 4.90 Å². The van der Waals surface area contributed by atoms with Gasteiger partial charge in [-0.1, -0.05) is 6.92 Å². The fraction of sp³-hybridized carbons (Fsp3) is 0.818. The van der Waals surface area contributed by atoms with Gasteiger partial charge in [-0.25, -0.2) is 4.79 Å². The summed E-state index contributed by atoms with van der Waals surface area (Å²) in [6, 6.07) is -0.267. The van der Waals surface area contributed by atoms with Crippen LogP contribution in [0.25, 0.3) is 0 Å². The fourth-order valence-corrected chi connectivity index (χ4v) is 2.46. The molecule has 0 aromatic heterocycles. The molecule has 7 heteroatoms. The van der Waals surface area contributed by atoms with Gasteiger partial charge in [-0.15, -0.1) is 0 Å². The number of carboxylic acid groups (broad SMARTS) is 1. The molecule has 1 fully saturated rings. The van der Waals surface area contributed by atoms with Crippen LogP contribution < -0.4 is 5.32 Å². The van der Waals surface area contributed by atoms with Gasteiger partial charge in [0.2, 0.25) is 0 Å². The number of likely N-dealkylation sites (tertiary alicyclic amines) is 1. The zero-order valence-corrected chi connectivity index (χ0v) is 11.6. The van der Waals surface area contributed by atoms with Crippen molar-refractivity contribution in [3.63, 3.8) is 0 Å². The Morgan fingerprint density at radius 2 is 2.17 bits per heavy atom. The van der Waals surface area contributed by atoms with Gasteiger partial charge in [-0.3, -0.25) is 9.00 Å². The number of aliphatic carboxylic acids is 1. The molecular formula is C11H20N2O4S. The summed E-state index contributed by atoms with van der Waals surface area (Å²) in [5, 5.41) is 11.9. The zero-order valence-electron chi connectivity index (χ0n) is 10.8. The van der Waals surface area contributed by atoms with E-state index in [4.69, 9.17) is 0 Å². The highest BCUT2D eigenvalue weighted by atomic mass is 32.2.